The molecule has 128 valence electrons. The maximum atomic E-state index is 13.2. The molecule has 0 aliphatic heterocycles. The number of halogens is 1. The number of benzene rings is 2. The van der Waals surface area contributed by atoms with Crippen molar-refractivity contribution in [2.75, 3.05) is 6.26 Å². The fourth-order valence-corrected chi connectivity index (χ4v) is 3.09. The minimum Gasteiger partial charge on any atom is -0.268 e. The molecule has 25 heavy (non-hydrogen) atoms. The van der Waals surface area contributed by atoms with Crippen LogP contribution >= 0.6 is 0 Å². The summed E-state index contributed by atoms with van der Waals surface area (Å²) in [7, 11) is -1.77. The van der Waals surface area contributed by atoms with E-state index < -0.39 is 9.84 Å². The van der Waals surface area contributed by atoms with Crippen LogP contribution in [0.15, 0.2) is 64.3 Å². The third kappa shape index (κ3) is 3.51. The zero-order valence-electron chi connectivity index (χ0n) is 13.6. The van der Waals surface area contributed by atoms with Gasteiger partial charge in [0.25, 0.3) is 5.56 Å². The van der Waals surface area contributed by atoms with Crippen molar-refractivity contribution in [2.45, 2.75) is 4.90 Å². The van der Waals surface area contributed by atoms with E-state index in [0.717, 1.165) is 6.26 Å². The Morgan fingerprint density at radius 2 is 1.52 bits per heavy atom. The second kappa shape index (κ2) is 6.25. The molecule has 0 radical (unpaired) electrons. The number of aryl methyl sites for hydroxylation is 1. The number of nitrogens with zero attached hydrogens (tertiary/aromatic N) is 2. The van der Waals surface area contributed by atoms with E-state index in [2.05, 4.69) is 5.10 Å². The number of aromatic nitrogens is 2. The van der Waals surface area contributed by atoms with Crippen molar-refractivity contribution in [3.8, 4) is 22.4 Å². The molecule has 0 bridgehead atoms. The molecule has 0 saturated carbocycles. The van der Waals surface area contributed by atoms with Crippen LogP contribution in [0.2, 0.25) is 0 Å². The molecule has 5 nitrogen and oxygen atoms in total. The Hall–Kier alpha value is -2.80. The largest absolute Gasteiger partial charge is 0.268 e. The van der Waals surface area contributed by atoms with Gasteiger partial charge in [0.1, 0.15) is 5.82 Å². The first kappa shape index (κ1) is 17.0. The smallest absolute Gasteiger partial charge is 0.267 e. The van der Waals surface area contributed by atoms with Gasteiger partial charge in [-0.1, -0.05) is 12.1 Å². The van der Waals surface area contributed by atoms with Crippen LogP contribution in [0.25, 0.3) is 22.4 Å². The van der Waals surface area contributed by atoms with Crippen molar-refractivity contribution >= 4 is 9.84 Å². The van der Waals surface area contributed by atoms with E-state index in [4.69, 9.17) is 0 Å². The molecular formula is C18H15FN2O3S. The van der Waals surface area contributed by atoms with E-state index >= 15 is 0 Å². The van der Waals surface area contributed by atoms with E-state index in [9.17, 15) is 17.6 Å². The molecule has 0 saturated heterocycles. The number of hydrogen-bond donors (Lipinski definition) is 0. The van der Waals surface area contributed by atoms with Crippen LogP contribution in [-0.4, -0.2) is 24.5 Å². The third-order valence-electron chi connectivity index (χ3n) is 3.80. The Bertz CT molecular complexity index is 1090. The molecule has 0 N–H and O–H groups in total. The standard InChI is InChI=1S/C18H15FN2O3S/c1-21-17(22)11-16(12-5-9-15(10-6-12)25(2,23)24)18(20-21)13-3-7-14(19)8-4-13/h3-11H,1-2H3. The van der Waals surface area contributed by atoms with E-state index in [1.807, 2.05) is 0 Å². The van der Waals surface area contributed by atoms with Crippen molar-refractivity contribution in [1.29, 1.82) is 0 Å². The molecule has 1 aromatic heterocycles. The van der Waals surface area contributed by atoms with Gasteiger partial charge in [0.15, 0.2) is 9.84 Å². The van der Waals surface area contributed by atoms with Crippen LogP contribution in [0.4, 0.5) is 4.39 Å². The molecule has 1 heterocycles. The SMILES string of the molecule is Cn1nc(-c2ccc(F)cc2)c(-c2ccc(S(C)(=O)=O)cc2)cc1=O. The summed E-state index contributed by atoms with van der Waals surface area (Å²) in [5, 5.41) is 4.28. The Morgan fingerprint density at radius 1 is 0.960 bits per heavy atom. The summed E-state index contributed by atoms with van der Waals surface area (Å²) < 4.78 is 37.6. The second-order valence-corrected chi connectivity index (χ2v) is 7.69. The first-order valence-electron chi connectivity index (χ1n) is 7.40. The van der Waals surface area contributed by atoms with Crippen LogP contribution in [0.5, 0.6) is 0 Å². The molecule has 0 aliphatic carbocycles. The summed E-state index contributed by atoms with van der Waals surface area (Å²) in [5.74, 6) is -0.368. The summed E-state index contributed by atoms with van der Waals surface area (Å²) in [5.41, 5.74) is 2.06. The third-order valence-corrected chi connectivity index (χ3v) is 4.93. The van der Waals surface area contributed by atoms with Gasteiger partial charge < -0.3 is 0 Å². The molecule has 0 unspecified atom stereocenters. The van der Waals surface area contributed by atoms with E-state index in [-0.39, 0.29) is 16.3 Å². The van der Waals surface area contributed by atoms with E-state index in [1.54, 1.807) is 24.3 Å². The van der Waals surface area contributed by atoms with E-state index in [1.165, 1.54) is 42.1 Å². The Morgan fingerprint density at radius 3 is 2.08 bits per heavy atom. The van der Waals surface area contributed by atoms with Gasteiger partial charge in [-0.25, -0.2) is 17.5 Å². The molecular weight excluding hydrogens is 343 g/mol. The fraction of sp³-hybridized carbons (Fsp3) is 0.111. The number of hydrogen-bond acceptors (Lipinski definition) is 4. The molecule has 0 aliphatic rings. The highest BCUT2D eigenvalue weighted by Crippen LogP contribution is 2.29. The molecule has 0 fully saturated rings. The highest BCUT2D eigenvalue weighted by Gasteiger charge is 2.13. The van der Waals surface area contributed by atoms with Crippen LogP contribution in [-0.2, 0) is 16.9 Å². The van der Waals surface area contributed by atoms with Gasteiger partial charge in [-0.3, -0.25) is 4.79 Å². The predicted molar refractivity (Wildman–Crippen MR) is 93.4 cm³/mol. The first-order valence-corrected chi connectivity index (χ1v) is 9.29. The molecule has 0 amide bonds. The van der Waals surface area contributed by atoms with Gasteiger partial charge in [0.05, 0.1) is 10.6 Å². The average molecular weight is 358 g/mol. The van der Waals surface area contributed by atoms with Gasteiger partial charge in [-0.15, -0.1) is 0 Å². The summed E-state index contributed by atoms with van der Waals surface area (Å²) in [4.78, 5) is 12.2. The summed E-state index contributed by atoms with van der Waals surface area (Å²) in [6.45, 7) is 0. The summed E-state index contributed by atoms with van der Waals surface area (Å²) in [6.07, 6.45) is 1.13. The topological polar surface area (TPSA) is 69.0 Å². The van der Waals surface area contributed by atoms with Crippen molar-refractivity contribution in [3.63, 3.8) is 0 Å². The van der Waals surface area contributed by atoms with Crippen molar-refractivity contribution in [2.24, 2.45) is 7.05 Å². The minimum atomic E-state index is -3.31. The quantitative estimate of drug-likeness (QED) is 0.722. The van der Waals surface area contributed by atoms with Crippen LogP contribution in [0.3, 0.4) is 0 Å². The van der Waals surface area contributed by atoms with Gasteiger partial charge in [0, 0.05) is 30.5 Å². The van der Waals surface area contributed by atoms with Gasteiger partial charge in [-0.05, 0) is 42.0 Å². The molecule has 7 heteroatoms. The molecule has 2 aromatic carbocycles. The molecule has 3 aromatic rings. The molecule has 0 atom stereocenters. The minimum absolute atomic E-state index is 0.191. The van der Waals surface area contributed by atoms with Crippen molar-refractivity contribution in [1.82, 2.24) is 9.78 Å². The van der Waals surface area contributed by atoms with Gasteiger partial charge >= 0.3 is 0 Å². The first-order chi connectivity index (χ1) is 11.8. The predicted octanol–water partition coefficient (Wildman–Crippen LogP) is 2.66. The summed E-state index contributed by atoms with van der Waals surface area (Å²) >= 11 is 0. The number of rotatable bonds is 3. The molecule has 3 rings (SSSR count). The molecule has 0 spiro atoms. The van der Waals surface area contributed by atoms with Crippen LogP contribution in [0, 0.1) is 5.82 Å². The summed E-state index contributed by atoms with van der Waals surface area (Å²) in [6, 6.07) is 13.4. The van der Waals surface area contributed by atoms with Crippen molar-refractivity contribution in [3.05, 3.63) is 70.8 Å². The lowest BCUT2D eigenvalue weighted by atomic mass is 10.00. The highest BCUT2D eigenvalue weighted by atomic mass is 32.2. The zero-order chi connectivity index (χ0) is 18.2. The maximum absolute atomic E-state index is 13.2. The normalized spacial score (nSPS) is 11.5. The second-order valence-electron chi connectivity index (χ2n) is 5.67. The van der Waals surface area contributed by atoms with Crippen LogP contribution in [0.1, 0.15) is 0 Å². The number of sulfone groups is 1. The Balaban J connectivity index is 2.20. The lowest BCUT2D eigenvalue weighted by Crippen LogP contribution is -2.19. The average Bonchev–Trinajstić information content (AvgIpc) is 2.57. The van der Waals surface area contributed by atoms with Crippen molar-refractivity contribution < 1.29 is 12.8 Å². The highest BCUT2D eigenvalue weighted by molar-refractivity contribution is 7.90. The monoisotopic (exact) mass is 358 g/mol. The van der Waals surface area contributed by atoms with E-state index in [0.29, 0.717) is 22.4 Å². The Kier molecular flexibility index (Phi) is 4.26. The van der Waals surface area contributed by atoms with Crippen LogP contribution < -0.4 is 5.56 Å². The lowest BCUT2D eigenvalue weighted by molar-refractivity contribution is 0.602. The fourth-order valence-electron chi connectivity index (χ4n) is 2.46. The zero-order valence-corrected chi connectivity index (χ0v) is 14.4. The lowest BCUT2D eigenvalue weighted by Gasteiger charge is -2.11. The Labute approximate surface area is 144 Å². The maximum Gasteiger partial charge on any atom is 0.267 e. The van der Waals surface area contributed by atoms with Gasteiger partial charge in [0.2, 0.25) is 0 Å². The van der Waals surface area contributed by atoms with Gasteiger partial charge in [-0.2, -0.15) is 5.10 Å².